The number of H-pyrrole nitrogens is 1. The van der Waals surface area contributed by atoms with Crippen LogP contribution in [-0.2, 0) is 9.59 Å². The van der Waals surface area contributed by atoms with E-state index >= 15 is 0 Å². The molecular formula is C20H13Cl3FN5O3. The second-order valence-corrected chi connectivity index (χ2v) is 8.10. The van der Waals surface area contributed by atoms with Crippen LogP contribution in [0, 0.1) is 5.82 Å². The summed E-state index contributed by atoms with van der Waals surface area (Å²) in [6.07, 6.45) is -0.270. The molecule has 4 rings (SSSR count). The van der Waals surface area contributed by atoms with Gasteiger partial charge in [-0.2, -0.15) is 4.98 Å². The first kappa shape index (κ1) is 22.1. The van der Waals surface area contributed by atoms with E-state index in [0.717, 1.165) is 6.07 Å². The van der Waals surface area contributed by atoms with Gasteiger partial charge in [0.15, 0.2) is 0 Å². The van der Waals surface area contributed by atoms with E-state index in [-0.39, 0.29) is 39.5 Å². The van der Waals surface area contributed by atoms with Crippen molar-refractivity contribution in [2.75, 3.05) is 16.0 Å². The van der Waals surface area contributed by atoms with Gasteiger partial charge in [0.25, 0.3) is 5.56 Å². The van der Waals surface area contributed by atoms with Crippen molar-refractivity contribution in [1.29, 1.82) is 0 Å². The molecule has 3 aromatic rings. The number of carbonyl (C=O) groups excluding carboxylic acids is 2. The summed E-state index contributed by atoms with van der Waals surface area (Å²) in [5.74, 6) is -2.96. The molecule has 164 valence electrons. The van der Waals surface area contributed by atoms with E-state index < -0.39 is 29.1 Å². The third kappa shape index (κ3) is 4.55. The van der Waals surface area contributed by atoms with Crippen molar-refractivity contribution in [3.05, 3.63) is 73.2 Å². The van der Waals surface area contributed by atoms with Crippen LogP contribution in [-0.4, -0.2) is 21.8 Å². The molecule has 1 aliphatic heterocycles. The van der Waals surface area contributed by atoms with E-state index in [1.165, 1.54) is 18.2 Å². The van der Waals surface area contributed by atoms with Crippen LogP contribution >= 0.6 is 34.8 Å². The van der Waals surface area contributed by atoms with Gasteiger partial charge in [0, 0.05) is 17.1 Å². The highest BCUT2D eigenvalue weighted by Gasteiger charge is 2.35. The molecule has 2 heterocycles. The molecule has 1 aromatic heterocycles. The highest BCUT2D eigenvalue weighted by molar-refractivity contribution is 6.36. The third-order valence-electron chi connectivity index (χ3n) is 4.64. The lowest BCUT2D eigenvalue weighted by Gasteiger charge is -2.23. The number of aromatic amines is 1. The molecule has 0 bridgehead atoms. The van der Waals surface area contributed by atoms with Crippen LogP contribution in [0.4, 0.5) is 27.5 Å². The van der Waals surface area contributed by atoms with Crippen LogP contribution in [0.3, 0.4) is 0 Å². The molecule has 1 unspecified atom stereocenters. The first-order chi connectivity index (χ1) is 15.2. The average molecular weight is 497 g/mol. The zero-order valence-electron chi connectivity index (χ0n) is 15.9. The molecule has 0 aliphatic carbocycles. The molecule has 1 atom stereocenters. The van der Waals surface area contributed by atoms with Gasteiger partial charge < -0.3 is 16.0 Å². The van der Waals surface area contributed by atoms with Crippen molar-refractivity contribution in [3.8, 4) is 0 Å². The molecule has 32 heavy (non-hydrogen) atoms. The normalized spacial score (nSPS) is 15.0. The Labute approximate surface area is 195 Å². The second kappa shape index (κ2) is 8.78. The molecule has 0 radical (unpaired) electrons. The largest absolute Gasteiger partial charge is 0.325 e. The number of fused-ring (bicyclic) bond motifs is 1. The lowest BCUT2D eigenvalue weighted by molar-refractivity contribution is -0.123. The molecule has 4 N–H and O–H groups in total. The quantitative estimate of drug-likeness (QED) is 0.419. The Morgan fingerprint density at radius 3 is 2.59 bits per heavy atom. The van der Waals surface area contributed by atoms with Gasteiger partial charge in [0.05, 0.1) is 27.2 Å². The third-order valence-corrected chi connectivity index (χ3v) is 5.48. The summed E-state index contributed by atoms with van der Waals surface area (Å²) in [7, 11) is 0. The Morgan fingerprint density at radius 2 is 1.88 bits per heavy atom. The molecule has 2 aromatic carbocycles. The van der Waals surface area contributed by atoms with Gasteiger partial charge in [-0.05, 0) is 36.4 Å². The van der Waals surface area contributed by atoms with Crippen LogP contribution in [0.25, 0.3) is 0 Å². The van der Waals surface area contributed by atoms with Gasteiger partial charge in [-0.1, -0.05) is 34.8 Å². The second-order valence-electron chi connectivity index (χ2n) is 6.85. The minimum Gasteiger partial charge on any atom is -0.325 e. The van der Waals surface area contributed by atoms with Gasteiger partial charge in [0.1, 0.15) is 11.6 Å². The number of aromatic nitrogens is 2. The van der Waals surface area contributed by atoms with E-state index in [1.54, 1.807) is 12.1 Å². The number of halogens is 4. The minimum absolute atomic E-state index is 0.00430. The Hall–Kier alpha value is -3.14. The number of amides is 2. The zero-order chi connectivity index (χ0) is 23.0. The van der Waals surface area contributed by atoms with Crippen LogP contribution in [0.2, 0.25) is 15.1 Å². The van der Waals surface area contributed by atoms with Crippen LogP contribution in [0.5, 0.6) is 0 Å². The summed E-state index contributed by atoms with van der Waals surface area (Å²) >= 11 is 17.7. The van der Waals surface area contributed by atoms with Crippen molar-refractivity contribution in [3.63, 3.8) is 0 Å². The predicted octanol–water partition coefficient (Wildman–Crippen LogP) is 4.68. The molecule has 0 fully saturated rings. The SMILES string of the molecule is O=C1CC(C(=O)Nc2ccc(F)c(Cl)c2)c2c(nc(Nc3ccc(Cl)cc3Cl)[nH]c2=O)N1. The Bertz CT molecular complexity index is 1310. The Balaban J connectivity index is 1.64. The van der Waals surface area contributed by atoms with Crippen LogP contribution in [0.1, 0.15) is 17.9 Å². The number of rotatable bonds is 4. The number of nitrogens with one attached hydrogen (secondary N) is 4. The monoisotopic (exact) mass is 495 g/mol. The summed E-state index contributed by atoms with van der Waals surface area (Å²) in [6, 6.07) is 8.32. The van der Waals surface area contributed by atoms with Gasteiger partial charge >= 0.3 is 0 Å². The summed E-state index contributed by atoms with van der Waals surface area (Å²) in [6.45, 7) is 0. The standard InChI is InChI=1S/C20H13Cl3FN5O3/c21-8-1-4-14(12(23)5-8)26-20-28-17-16(19(32)29-20)10(7-15(30)27-17)18(31)25-9-2-3-13(24)11(22)6-9/h1-6,10H,7H2,(H,25,31)(H3,26,27,28,29,30,32). The molecular weight excluding hydrogens is 484 g/mol. The van der Waals surface area contributed by atoms with Gasteiger partial charge in [-0.25, -0.2) is 4.39 Å². The lowest BCUT2D eigenvalue weighted by atomic mass is 9.92. The summed E-state index contributed by atoms with van der Waals surface area (Å²) < 4.78 is 13.4. The number of hydrogen-bond donors (Lipinski definition) is 4. The van der Waals surface area contributed by atoms with Crippen molar-refractivity contribution >= 4 is 69.8 Å². The van der Waals surface area contributed by atoms with E-state index in [0.29, 0.717) is 10.7 Å². The lowest BCUT2D eigenvalue weighted by Crippen LogP contribution is -2.36. The molecule has 0 saturated heterocycles. The molecule has 0 saturated carbocycles. The number of hydrogen-bond acceptors (Lipinski definition) is 5. The zero-order valence-corrected chi connectivity index (χ0v) is 18.2. The van der Waals surface area contributed by atoms with Crippen molar-refractivity contribution in [2.24, 2.45) is 0 Å². The fourth-order valence-electron chi connectivity index (χ4n) is 3.18. The molecule has 8 nitrogen and oxygen atoms in total. The fourth-order valence-corrected chi connectivity index (χ4v) is 3.81. The van der Waals surface area contributed by atoms with Crippen molar-refractivity contribution in [2.45, 2.75) is 12.3 Å². The minimum atomic E-state index is -1.12. The highest BCUT2D eigenvalue weighted by atomic mass is 35.5. The maximum atomic E-state index is 13.4. The molecule has 0 spiro atoms. The van der Waals surface area contributed by atoms with Crippen LogP contribution < -0.4 is 21.5 Å². The first-order valence-corrected chi connectivity index (χ1v) is 10.3. The predicted molar refractivity (Wildman–Crippen MR) is 121 cm³/mol. The van der Waals surface area contributed by atoms with Gasteiger partial charge in [0.2, 0.25) is 17.8 Å². The Morgan fingerprint density at radius 1 is 1.09 bits per heavy atom. The van der Waals surface area contributed by atoms with Gasteiger partial charge in [-0.15, -0.1) is 0 Å². The fraction of sp³-hybridized carbons (Fsp3) is 0.100. The first-order valence-electron chi connectivity index (χ1n) is 9.13. The van der Waals surface area contributed by atoms with Crippen molar-refractivity contribution < 1.29 is 14.0 Å². The highest BCUT2D eigenvalue weighted by Crippen LogP contribution is 2.32. The smallest absolute Gasteiger partial charge is 0.258 e. The summed E-state index contributed by atoms with van der Waals surface area (Å²) in [5, 5.41) is 8.42. The summed E-state index contributed by atoms with van der Waals surface area (Å²) in [4.78, 5) is 44.6. The maximum absolute atomic E-state index is 13.4. The van der Waals surface area contributed by atoms with Crippen molar-refractivity contribution in [1.82, 2.24) is 9.97 Å². The number of carbonyl (C=O) groups is 2. The number of anilines is 4. The van der Waals surface area contributed by atoms with E-state index in [9.17, 15) is 18.8 Å². The molecule has 12 heteroatoms. The van der Waals surface area contributed by atoms with E-state index in [2.05, 4.69) is 25.9 Å². The number of nitrogens with zero attached hydrogens (tertiary/aromatic N) is 1. The molecule has 1 aliphatic rings. The number of benzene rings is 2. The topological polar surface area (TPSA) is 116 Å². The Kier molecular flexibility index (Phi) is 6.05. The summed E-state index contributed by atoms with van der Waals surface area (Å²) in [5.41, 5.74) is 0.000655. The molecule has 2 amide bonds. The maximum Gasteiger partial charge on any atom is 0.258 e. The average Bonchev–Trinajstić information content (AvgIpc) is 2.72. The van der Waals surface area contributed by atoms with E-state index in [4.69, 9.17) is 34.8 Å². The van der Waals surface area contributed by atoms with Crippen LogP contribution in [0.15, 0.2) is 41.2 Å². The van der Waals surface area contributed by atoms with Gasteiger partial charge in [-0.3, -0.25) is 19.4 Å². The van der Waals surface area contributed by atoms with E-state index in [1.807, 2.05) is 0 Å².